The van der Waals surface area contributed by atoms with Crippen LogP contribution in [-0.2, 0) is 26.1 Å². The highest BCUT2D eigenvalue weighted by Gasteiger charge is 2.35. The van der Waals surface area contributed by atoms with E-state index in [0.29, 0.717) is 12.8 Å². The summed E-state index contributed by atoms with van der Waals surface area (Å²) in [7, 11) is -2.57. The number of sulfonamides is 1. The summed E-state index contributed by atoms with van der Waals surface area (Å²) < 4.78 is 65.6. The van der Waals surface area contributed by atoms with E-state index in [9.17, 15) is 27.1 Å². The Bertz CT molecular complexity index is 1060. The molecule has 0 spiro atoms. The Morgan fingerprint density at radius 3 is 2.55 bits per heavy atom. The number of carbonyl (C=O) groups is 1. The number of nitrogens with one attached hydrogen (secondary N) is 2. The highest BCUT2D eigenvalue weighted by atomic mass is 32.2. The largest absolute Gasteiger partial charge is 0.495 e. The van der Waals surface area contributed by atoms with Gasteiger partial charge in [-0.2, -0.15) is 0 Å². The van der Waals surface area contributed by atoms with Crippen LogP contribution in [0.3, 0.4) is 0 Å². The average molecular weight is 485 g/mol. The standard InChI is InChI=1S/C22H26F2N2O6S/c1-31-19-4-2-3-5-21(19)33(29,30)26-18-7-6-17(32-20(18)13-27)11-22(28)25-12-14-8-15(23)10-16(24)9-14/h2-5,8-10,17-18,20,26-27H,6-7,11-13H2,1H3,(H,25,28)/t17-,18+,20+/m0/s1. The fourth-order valence-electron chi connectivity index (χ4n) is 3.71. The van der Waals surface area contributed by atoms with E-state index >= 15 is 0 Å². The first-order valence-corrected chi connectivity index (χ1v) is 11.8. The highest BCUT2D eigenvalue weighted by Crippen LogP contribution is 2.27. The van der Waals surface area contributed by atoms with Crippen molar-refractivity contribution in [2.45, 2.75) is 49.0 Å². The number of amides is 1. The molecule has 1 amide bonds. The summed E-state index contributed by atoms with van der Waals surface area (Å²) in [6.45, 7) is -0.495. The molecule has 1 heterocycles. The predicted molar refractivity (Wildman–Crippen MR) is 115 cm³/mol. The fourth-order valence-corrected chi connectivity index (χ4v) is 5.18. The molecule has 1 aliphatic rings. The van der Waals surface area contributed by atoms with E-state index < -0.39 is 52.4 Å². The second kappa shape index (κ2) is 11.0. The first kappa shape index (κ1) is 25.0. The Hall–Kier alpha value is -2.60. The molecular formula is C22H26F2N2O6S. The van der Waals surface area contributed by atoms with E-state index in [4.69, 9.17) is 9.47 Å². The Balaban J connectivity index is 1.56. The van der Waals surface area contributed by atoms with E-state index in [1.54, 1.807) is 12.1 Å². The van der Waals surface area contributed by atoms with E-state index in [-0.39, 0.29) is 29.2 Å². The minimum absolute atomic E-state index is 0.0283. The van der Waals surface area contributed by atoms with Gasteiger partial charge >= 0.3 is 0 Å². The summed E-state index contributed by atoms with van der Waals surface area (Å²) in [5, 5.41) is 12.3. The summed E-state index contributed by atoms with van der Waals surface area (Å²) >= 11 is 0. The summed E-state index contributed by atoms with van der Waals surface area (Å²) in [6.07, 6.45) is -0.721. The van der Waals surface area contributed by atoms with Crippen LogP contribution in [0.15, 0.2) is 47.4 Å². The van der Waals surface area contributed by atoms with E-state index in [2.05, 4.69) is 10.0 Å². The van der Waals surface area contributed by atoms with Crippen LogP contribution < -0.4 is 14.8 Å². The molecule has 1 fully saturated rings. The molecule has 3 rings (SSSR count). The second-order valence-electron chi connectivity index (χ2n) is 7.69. The van der Waals surface area contributed by atoms with Crippen LogP contribution in [0, 0.1) is 11.6 Å². The fraction of sp³-hybridized carbons (Fsp3) is 0.409. The third kappa shape index (κ3) is 6.70. The predicted octanol–water partition coefficient (Wildman–Crippen LogP) is 1.87. The smallest absolute Gasteiger partial charge is 0.244 e. The summed E-state index contributed by atoms with van der Waals surface area (Å²) in [5.74, 6) is -1.67. The number of ether oxygens (including phenoxy) is 2. The molecule has 0 bridgehead atoms. The number of aliphatic hydroxyl groups excluding tert-OH is 1. The summed E-state index contributed by atoms with van der Waals surface area (Å²) in [5.41, 5.74) is 0.282. The van der Waals surface area contributed by atoms with Crippen LogP contribution in [-0.4, -0.2) is 51.4 Å². The van der Waals surface area contributed by atoms with Crippen LogP contribution in [0.25, 0.3) is 0 Å². The molecule has 1 saturated heterocycles. The van der Waals surface area contributed by atoms with Crippen molar-refractivity contribution in [2.24, 2.45) is 0 Å². The number of para-hydroxylation sites is 1. The van der Waals surface area contributed by atoms with Gasteiger partial charge in [-0.05, 0) is 42.7 Å². The van der Waals surface area contributed by atoms with Gasteiger partial charge in [0.05, 0.1) is 38.4 Å². The molecule has 3 atom stereocenters. The SMILES string of the molecule is COc1ccccc1S(=O)(=O)N[C@@H]1CC[C@@H](CC(=O)NCc2cc(F)cc(F)c2)O[C@@H]1CO. The molecule has 0 aromatic heterocycles. The molecule has 0 unspecified atom stereocenters. The van der Waals surface area contributed by atoms with E-state index in [0.717, 1.165) is 18.2 Å². The van der Waals surface area contributed by atoms with Crippen molar-refractivity contribution in [2.75, 3.05) is 13.7 Å². The number of carbonyl (C=O) groups excluding carboxylic acids is 1. The van der Waals surface area contributed by atoms with Gasteiger partial charge in [0, 0.05) is 12.6 Å². The second-order valence-corrected chi connectivity index (χ2v) is 9.38. The molecule has 2 aromatic rings. The van der Waals surface area contributed by atoms with Gasteiger partial charge < -0.3 is 19.9 Å². The third-order valence-corrected chi connectivity index (χ3v) is 6.82. The van der Waals surface area contributed by atoms with Gasteiger partial charge in [0.1, 0.15) is 22.3 Å². The topological polar surface area (TPSA) is 114 Å². The van der Waals surface area contributed by atoms with E-state index in [1.165, 1.54) is 19.2 Å². The lowest BCUT2D eigenvalue weighted by Crippen LogP contribution is -2.51. The molecule has 3 N–H and O–H groups in total. The molecule has 8 nitrogen and oxygen atoms in total. The lowest BCUT2D eigenvalue weighted by Gasteiger charge is -2.35. The number of halogens is 2. The first-order valence-electron chi connectivity index (χ1n) is 10.3. The Morgan fingerprint density at radius 1 is 1.18 bits per heavy atom. The molecule has 11 heteroatoms. The lowest BCUT2D eigenvalue weighted by atomic mass is 9.98. The van der Waals surface area contributed by atoms with Gasteiger partial charge in [0.25, 0.3) is 0 Å². The first-order chi connectivity index (χ1) is 15.7. The Labute approximate surface area is 191 Å². The van der Waals surface area contributed by atoms with Gasteiger partial charge in [0.2, 0.25) is 15.9 Å². The zero-order valence-electron chi connectivity index (χ0n) is 18.0. The number of benzene rings is 2. The number of aliphatic hydroxyl groups is 1. The van der Waals surface area contributed by atoms with Crippen molar-refractivity contribution in [3.8, 4) is 5.75 Å². The lowest BCUT2D eigenvalue weighted by molar-refractivity contribution is -0.130. The van der Waals surface area contributed by atoms with Crippen molar-refractivity contribution in [3.05, 3.63) is 59.7 Å². The van der Waals surface area contributed by atoms with E-state index in [1.807, 2.05) is 0 Å². The number of rotatable bonds is 9. The number of hydrogen-bond acceptors (Lipinski definition) is 6. The van der Waals surface area contributed by atoms with Gasteiger partial charge in [-0.15, -0.1) is 0 Å². The molecule has 0 aliphatic carbocycles. The number of hydrogen-bond donors (Lipinski definition) is 3. The van der Waals surface area contributed by atoms with Crippen molar-refractivity contribution in [3.63, 3.8) is 0 Å². The van der Waals surface area contributed by atoms with Gasteiger partial charge in [-0.3, -0.25) is 4.79 Å². The van der Waals surface area contributed by atoms with Gasteiger partial charge in [-0.25, -0.2) is 21.9 Å². The summed E-state index contributed by atoms with van der Waals surface area (Å²) in [4.78, 5) is 12.2. The van der Waals surface area contributed by atoms with Crippen LogP contribution in [0.2, 0.25) is 0 Å². The van der Waals surface area contributed by atoms with Crippen LogP contribution in [0.4, 0.5) is 8.78 Å². The van der Waals surface area contributed by atoms with Crippen LogP contribution in [0.1, 0.15) is 24.8 Å². The third-order valence-electron chi connectivity index (χ3n) is 5.29. The maximum Gasteiger partial charge on any atom is 0.244 e. The maximum absolute atomic E-state index is 13.3. The summed E-state index contributed by atoms with van der Waals surface area (Å²) in [6, 6.07) is 8.47. The minimum atomic E-state index is -3.94. The number of methoxy groups -OCH3 is 1. The van der Waals surface area contributed by atoms with Crippen LogP contribution >= 0.6 is 0 Å². The molecule has 0 saturated carbocycles. The monoisotopic (exact) mass is 484 g/mol. The normalized spacial score (nSPS) is 20.9. The van der Waals surface area contributed by atoms with Crippen molar-refractivity contribution >= 4 is 15.9 Å². The zero-order chi connectivity index (χ0) is 24.0. The Morgan fingerprint density at radius 2 is 1.88 bits per heavy atom. The quantitative estimate of drug-likeness (QED) is 0.501. The highest BCUT2D eigenvalue weighted by molar-refractivity contribution is 7.89. The molecule has 33 heavy (non-hydrogen) atoms. The maximum atomic E-state index is 13.3. The van der Waals surface area contributed by atoms with Crippen molar-refractivity contribution in [1.29, 1.82) is 0 Å². The molecule has 180 valence electrons. The Kier molecular flexibility index (Phi) is 8.35. The van der Waals surface area contributed by atoms with Gasteiger partial charge in [0.15, 0.2) is 0 Å². The van der Waals surface area contributed by atoms with Crippen molar-refractivity contribution in [1.82, 2.24) is 10.0 Å². The van der Waals surface area contributed by atoms with Crippen molar-refractivity contribution < 1.29 is 36.6 Å². The average Bonchev–Trinajstić information content (AvgIpc) is 2.78. The van der Waals surface area contributed by atoms with Gasteiger partial charge in [-0.1, -0.05) is 12.1 Å². The molecule has 2 aromatic carbocycles. The van der Waals surface area contributed by atoms with Crippen LogP contribution in [0.5, 0.6) is 5.75 Å². The zero-order valence-corrected chi connectivity index (χ0v) is 18.8. The molecule has 0 radical (unpaired) electrons. The minimum Gasteiger partial charge on any atom is -0.495 e. The molecule has 1 aliphatic heterocycles. The molecular weight excluding hydrogens is 458 g/mol.